The Morgan fingerprint density at radius 2 is 1.81 bits per heavy atom. The highest BCUT2D eigenvalue weighted by molar-refractivity contribution is 7.92. The first-order valence-corrected chi connectivity index (χ1v) is 11.5. The van der Waals surface area contributed by atoms with E-state index in [1.54, 1.807) is 31.5 Å². The standard InChI is InChI=1S/C20H19Cl2N3O5S/c1-10(12-4-6-13(7-5-12)31(29,30)9-16(26)27)24-20(28)15-8-14-18(22)17(21)11(2)23-19(14)25(15)3/h4-8,10H,9H2,1-3H3,(H,24,28)(H,26,27)/t10-/m1/s1. The number of pyridine rings is 1. The maximum atomic E-state index is 12.9. The van der Waals surface area contributed by atoms with E-state index in [2.05, 4.69) is 10.3 Å². The lowest BCUT2D eigenvalue weighted by Gasteiger charge is -2.15. The number of carboxylic acid groups (broad SMARTS) is 1. The van der Waals surface area contributed by atoms with Gasteiger partial charge in [0.05, 0.1) is 26.7 Å². The van der Waals surface area contributed by atoms with Crippen LogP contribution in [0.25, 0.3) is 11.0 Å². The quantitative estimate of drug-likeness (QED) is 0.553. The number of nitrogens with zero attached hydrogens (tertiary/aromatic N) is 2. The Labute approximate surface area is 188 Å². The molecule has 31 heavy (non-hydrogen) atoms. The van der Waals surface area contributed by atoms with Crippen molar-refractivity contribution in [3.05, 3.63) is 57.3 Å². The van der Waals surface area contributed by atoms with Crippen molar-refractivity contribution in [1.29, 1.82) is 0 Å². The second-order valence-electron chi connectivity index (χ2n) is 7.07. The molecular weight excluding hydrogens is 465 g/mol. The van der Waals surface area contributed by atoms with Crippen molar-refractivity contribution in [2.45, 2.75) is 24.8 Å². The second-order valence-corrected chi connectivity index (χ2v) is 9.81. The minimum absolute atomic E-state index is 0.0983. The topological polar surface area (TPSA) is 118 Å². The summed E-state index contributed by atoms with van der Waals surface area (Å²) in [5.41, 5.74) is 2.06. The first-order valence-electron chi connectivity index (χ1n) is 9.08. The van der Waals surface area contributed by atoms with Crippen molar-refractivity contribution in [2.24, 2.45) is 7.05 Å². The Kier molecular flexibility index (Phi) is 6.31. The van der Waals surface area contributed by atoms with E-state index in [4.69, 9.17) is 28.3 Å². The number of fused-ring (bicyclic) bond motifs is 1. The van der Waals surface area contributed by atoms with Crippen LogP contribution in [0.2, 0.25) is 10.0 Å². The Morgan fingerprint density at radius 3 is 2.39 bits per heavy atom. The maximum Gasteiger partial charge on any atom is 0.319 e. The third kappa shape index (κ3) is 4.53. The molecule has 0 spiro atoms. The number of sulfone groups is 1. The molecule has 0 saturated carbocycles. The first kappa shape index (κ1) is 23.1. The van der Waals surface area contributed by atoms with Gasteiger partial charge in [0.2, 0.25) is 0 Å². The van der Waals surface area contributed by atoms with E-state index in [0.29, 0.717) is 38.0 Å². The number of carbonyl (C=O) groups is 2. The van der Waals surface area contributed by atoms with Crippen LogP contribution in [-0.4, -0.2) is 40.7 Å². The monoisotopic (exact) mass is 483 g/mol. The van der Waals surface area contributed by atoms with E-state index in [1.165, 1.54) is 24.3 Å². The van der Waals surface area contributed by atoms with Gasteiger partial charge in [-0.25, -0.2) is 13.4 Å². The number of hydrogen-bond donors (Lipinski definition) is 2. The summed E-state index contributed by atoms with van der Waals surface area (Å²) in [4.78, 5) is 27.9. The van der Waals surface area contributed by atoms with Crippen LogP contribution in [0, 0.1) is 6.92 Å². The molecule has 2 aromatic heterocycles. The highest BCUT2D eigenvalue weighted by Crippen LogP contribution is 2.33. The van der Waals surface area contributed by atoms with Gasteiger partial charge in [-0.15, -0.1) is 0 Å². The van der Waals surface area contributed by atoms with Gasteiger partial charge in [-0.3, -0.25) is 9.59 Å². The van der Waals surface area contributed by atoms with Crippen LogP contribution < -0.4 is 5.32 Å². The number of aryl methyl sites for hydroxylation is 2. The highest BCUT2D eigenvalue weighted by atomic mass is 35.5. The zero-order chi connectivity index (χ0) is 23.1. The molecule has 2 N–H and O–H groups in total. The van der Waals surface area contributed by atoms with Crippen LogP contribution in [0.5, 0.6) is 0 Å². The molecule has 8 nitrogen and oxygen atoms in total. The molecule has 0 unspecified atom stereocenters. The zero-order valence-corrected chi connectivity index (χ0v) is 19.1. The van der Waals surface area contributed by atoms with Gasteiger partial charge in [0.25, 0.3) is 5.91 Å². The van der Waals surface area contributed by atoms with Crippen molar-refractivity contribution in [3.63, 3.8) is 0 Å². The molecule has 1 atom stereocenters. The van der Waals surface area contributed by atoms with Gasteiger partial charge < -0.3 is 15.0 Å². The average molecular weight is 484 g/mol. The summed E-state index contributed by atoms with van der Waals surface area (Å²) in [6.45, 7) is 3.47. The number of halogens is 2. The number of hydrogen-bond acceptors (Lipinski definition) is 5. The second kappa shape index (κ2) is 8.49. The van der Waals surface area contributed by atoms with Crippen LogP contribution in [-0.2, 0) is 21.7 Å². The molecule has 0 fully saturated rings. The van der Waals surface area contributed by atoms with Crippen LogP contribution >= 0.6 is 23.2 Å². The number of carbonyl (C=O) groups excluding carboxylic acids is 1. The van der Waals surface area contributed by atoms with Crippen LogP contribution in [0.15, 0.2) is 35.2 Å². The van der Waals surface area contributed by atoms with Crippen molar-refractivity contribution in [2.75, 3.05) is 5.75 Å². The summed E-state index contributed by atoms with van der Waals surface area (Å²) in [7, 11) is -2.22. The molecule has 2 heterocycles. The van der Waals surface area contributed by atoms with Gasteiger partial charge in [-0.1, -0.05) is 35.3 Å². The molecule has 11 heteroatoms. The predicted molar refractivity (Wildman–Crippen MR) is 117 cm³/mol. The van der Waals surface area contributed by atoms with E-state index in [1.807, 2.05) is 0 Å². The smallest absolute Gasteiger partial charge is 0.319 e. The molecule has 0 aliphatic heterocycles. The van der Waals surface area contributed by atoms with Crippen molar-refractivity contribution in [3.8, 4) is 0 Å². The molecule has 1 amide bonds. The summed E-state index contributed by atoms with van der Waals surface area (Å²) < 4.78 is 25.6. The van der Waals surface area contributed by atoms with Gasteiger partial charge in [-0.2, -0.15) is 0 Å². The normalized spacial score (nSPS) is 12.7. The van der Waals surface area contributed by atoms with Gasteiger partial charge >= 0.3 is 5.97 Å². The summed E-state index contributed by atoms with van der Waals surface area (Å²) in [6, 6.07) is 6.87. The van der Waals surface area contributed by atoms with Crippen molar-refractivity contribution in [1.82, 2.24) is 14.9 Å². The van der Waals surface area contributed by atoms with Crippen molar-refractivity contribution >= 4 is 55.9 Å². The van der Waals surface area contributed by atoms with E-state index >= 15 is 0 Å². The van der Waals surface area contributed by atoms with Gasteiger partial charge in [-0.05, 0) is 37.6 Å². The molecular formula is C20H19Cl2N3O5S. The Balaban J connectivity index is 1.83. The minimum atomic E-state index is -3.92. The Bertz CT molecular complexity index is 1300. The zero-order valence-electron chi connectivity index (χ0n) is 16.8. The number of amides is 1. The summed E-state index contributed by atoms with van der Waals surface area (Å²) in [5.74, 6) is -2.79. The fraction of sp³-hybridized carbons (Fsp3) is 0.250. The summed E-state index contributed by atoms with van der Waals surface area (Å²) in [6.07, 6.45) is 0. The number of rotatable bonds is 6. The summed E-state index contributed by atoms with van der Waals surface area (Å²) in [5, 5.41) is 12.8. The predicted octanol–water partition coefficient (Wildman–Crippen LogP) is 3.54. The van der Waals surface area contributed by atoms with E-state index in [-0.39, 0.29) is 10.8 Å². The number of carboxylic acids is 1. The fourth-order valence-electron chi connectivity index (χ4n) is 3.16. The molecule has 164 valence electrons. The van der Waals surface area contributed by atoms with E-state index in [9.17, 15) is 18.0 Å². The number of aliphatic carboxylic acids is 1. The third-order valence-electron chi connectivity index (χ3n) is 4.85. The largest absolute Gasteiger partial charge is 0.480 e. The SMILES string of the molecule is Cc1nc2c(cc(C(=O)N[C@H](C)c3ccc(S(=O)(=O)CC(=O)O)cc3)n2C)c(Cl)c1Cl. The molecule has 1 aromatic carbocycles. The summed E-state index contributed by atoms with van der Waals surface area (Å²) >= 11 is 12.5. The molecule has 0 bridgehead atoms. The van der Waals surface area contributed by atoms with E-state index < -0.39 is 27.6 Å². The molecule has 3 rings (SSSR count). The van der Waals surface area contributed by atoms with Crippen LogP contribution in [0.1, 0.15) is 34.7 Å². The molecule has 0 radical (unpaired) electrons. The van der Waals surface area contributed by atoms with Crippen molar-refractivity contribution < 1.29 is 23.1 Å². The lowest BCUT2D eigenvalue weighted by Crippen LogP contribution is -2.28. The molecule has 3 aromatic rings. The maximum absolute atomic E-state index is 12.9. The Morgan fingerprint density at radius 1 is 1.19 bits per heavy atom. The number of benzene rings is 1. The van der Waals surface area contributed by atoms with Crippen LogP contribution in [0.3, 0.4) is 0 Å². The molecule has 0 aliphatic carbocycles. The lowest BCUT2D eigenvalue weighted by molar-refractivity contribution is -0.134. The number of aromatic nitrogens is 2. The third-order valence-corrected chi connectivity index (χ3v) is 7.42. The van der Waals surface area contributed by atoms with E-state index in [0.717, 1.165) is 0 Å². The Hall–Kier alpha value is -2.62. The minimum Gasteiger partial charge on any atom is -0.480 e. The molecule has 0 aliphatic rings. The van der Waals surface area contributed by atoms with Gasteiger partial charge in [0, 0.05) is 12.4 Å². The average Bonchev–Trinajstić information content (AvgIpc) is 3.02. The lowest BCUT2D eigenvalue weighted by atomic mass is 10.1. The van der Waals surface area contributed by atoms with Gasteiger partial charge in [0.1, 0.15) is 11.3 Å². The fourth-order valence-corrected chi connectivity index (χ4v) is 4.62. The first-order chi connectivity index (χ1) is 14.4. The highest BCUT2D eigenvalue weighted by Gasteiger charge is 2.22. The van der Waals surface area contributed by atoms with Crippen LogP contribution in [0.4, 0.5) is 0 Å². The molecule has 0 saturated heterocycles. The number of nitrogens with one attached hydrogen (secondary N) is 1. The van der Waals surface area contributed by atoms with Gasteiger partial charge in [0.15, 0.2) is 15.6 Å².